The fraction of sp³-hybridized carbons (Fsp3) is 0.222. The van der Waals surface area contributed by atoms with Crippen molar-refractivity contribution in [1.82, 2.24) is 4.90 Å². The Bertz CT molecular complexity index is 633. The second-order valence-electron chi connectivity index (χ2n) is 5.39. The van der Waals surface area contributed by atoms with Crippen molar-refractivity contribution in [3.8, 4) is 0 Å². The summed E-state index contributed by atoms with van der Waals surface area (Å²) in [6.45, 7) is 0.385. The van der Waals surface area contributed by atoms with Crippen LogP contribution in [0.4, 0.5) is 0 Å². The quantitative estimate of drug-likeness (QED) is 0.704. The number of carboxylic acid groups (broad SMARTS) is 1. The number of nitrogens with zero attached hydrogens (tertiary/aromatic N) is 1. The molecule has 0 saturated carbocycles. The first-order valence-corrected chi connectivity index (χ1v) is 7.44. The molecule has 0 fully saturated rings. The molecule has 0 aliphatic heterocycles. The normalized spacial score (nSPS) is 13.1. The molecule has 6 heteroatoms. The maximum atomic E-state index is 12.5. The van der Waals surface area contributed by atoms with E-state index in [0.29, 0.717) is 0 Å². The zero-order valence-electron chi connectivity index (χ0n) is 12.9. The molecule has 0 aromatic heterocycles. The number of carbonyl (C=O) groups is 2. The minimum Gasteiger partial charge on any atom is -0.479 e. The molecular weight excluding hydrogens is 310 g/mol. The number of rotatable bonds is 7. The Kier molecular flexibility index (Phi) is 6.06. The topological polar surface area (TPSA) is 98.1 Å². The highest BCUT2D eigenvalue weighted by Crippen LogP contribution is 2.13. The van der Waals surface area contributed by atoms with Gasteiger partial charge in [-0.3, -0.25) is 4.79 Å². The molecule has 1 amide bonds. The molecule has 0 bridgehead atoms. The van der Waals surface area contributed by atoms with Gasteiger partial charge in [-0.05, 0) is 11.1 Å². The third kappa shape index (κ3) is 4.65. The first-order valence-electron chi connectivity index (χ1n) is 7.44. The van der Waals surface area contributed by atoms with E-state index >= 15 is 0 Å². The molecule has 0 saturated heterocycles. The molecule has 3 N–H and O–H groups in total. The van der Waals surface area contributed by atoms with Gasteiger partial charge in [-0.25, -0.2) is 4.79 Å². The smallest absolute Gasteiger partial charge is 0.335 e. The predicted molar refractivity (Wildman–Crippen MR) is 86.8 cm³/mol. The van der Waals surface area contributed by atoms with Gasteiger partial charge in [0.2, 0.25) is 0 Å². The van der Waals surface area contributed by atoms with E-state index in [0.717, 1.165) is 11.1 Å². The largest absolute Gasteiger partial charge is 0.479 e. The number of hydrogen-bond acceptors (Lipinski definition) is 4. The van der Waals surface area contributed by atoms with E-state index in [9.17, 15) is 19.8 Å². The van der Waals surface area contributed by atoms with Crippen molar-refractivity contribution >= 4 is 11.9 Å². The first kappa shape index (κ1) is 17.7. The first-order chi connectivity index (χ1) is 11.5. The highest BCUT2D eigenvalue weighted by molar-refractivity contribution is 5.87. The third-order valence-electron chi connectivity index (χ3n) is 3.55. The van der Waals surface area contributed by atoms with Crippen molar-refractivity contribution in [2.75, 3.05) is 0 Å². The lowest BCUT2D eigenvalue weighted by Crippen LogP contribution is -2.47. The summed E-state index contributed by atoms with van der Waals surface area (Å²) in [5.41, 5.74) is 1.66. The molecule has 6 nitrogen and oxygen atoms in total. The number of aliphatic hydroxyl groups excluding tert-OH is 2. The maximum absolute atomic E-state index is 12.5. The maximum Gasteiger partial charge on any atom is 0.335 e. The molecule has 126 valence electrons. The van der Waals surface area contributed by atoms with Gasteiger partial charge >= 0.3 is 5.97 Å². The van der Waals surface area contributed by atoms with Gasteiger partial charge in [-0.15, -0.1) is 0 Å². The lowest BCUT2D eigenvalue weighted by atomic mass is 10.1. The van der Waals surface area contributed by atoms with Crippen LogP contribution in [-0.4, -0.2) is 44.3 Å². The number of aliphatic carboxylic acids is 1. The fourth-order valence-corrected chi connectivity index (χ4v) is 2.28. The number of amides is 1. The van der Waals surface area contributed by atoms with E-state index in [4.69, 9.17) is 5.11 Å². The molecule has 2 rings (SSSR count). The minimum absolute atomic E-state index is 0.192. The Morgan fingerprint density at radius 3 is 1.58 bits per heavy atom. The van der Waals surface area contributed by atoms with Gasteiger partial charge in [-0.2, -0.15) is 0 Å². The van der Waals surface area contributed by atoms with E-state index in [1.807, 2.05) is 60.7 Å². The van der Waals surface area contributed by atoms with Gasteiger partial charge < -0.3 is 20.2 Å². The molecule has 0 heterocycles. The lowest BCUT2D eigenvalue weighted by Gasteiger charge is -2.26. The highest BCUT2D eigenvalue weighted by atomic mass is 16.4. The average molecular weight is 329 g/mol. The molecule has 2 aromatic carbocycles. The lowest BCUT2D eigenvalue weighted by molar-refractivity contribution is -0.162. The molecular formula is C18H19NO5. The Morgan fingerprint density at radius 1 is 0.792 bits per heavy atom. The second kappa shape index (κ2) is 8.24. The Hall–Kier alpha value is -2.70. The van der Waals surface area contributed by atoms with Crippen molar-refractivity contribution in [3.63, 3.8) is 0 Å². The number of carboxylic acids is 1. The number of aliphatic hydroxyl groups is 2. The van der Waals surface area contributed by atoms with Crippen molar-refractivity contribution in [2.45, 2.75) is 25.3 Å². The van der Waals surface area contributed by atoms with E-state index in [2.05, 4.69) is 0 Å². The van der Waals surface area contributed by atoms with E-state index in [-0.39, 0.29) is 13.1 Å². The van der Waals surface area contributed by atoms with Crippen LogP contribution in [0.5, 0.6) is 0 Å². The monoisotopic (exact) mass is 329 g/mol. The zero-order valence-corrected chi connectivity index (χ0v) is 12.9. The molecule has 0 aliphatic carbocycles. The van der Waals surface area contributed by atoms with Gasteiger partial charge in [0.05, 0.1) is 0 Å². The molecule has 24 heavy (non-hydrogen) atoms. The van der Waals surface area contributed by atoms with Crippen LogP contribution in [0.25, 0.3) is 0 Å². The van der Waals surface area contributed by atoms with Crippen LogP contribution in [0.2, 0.25) is 0 Å². The van der Waals surface area contributed by atoms with Crippen LogP contribution in [0, 0.1) is 0 Å². The molecule has 2 aromatic rings. The minimum atomic E-state index is -2.16. The van der Waals surface area contributed by atoms with Crippen molar-refractivity contribution in [3.05, 3.63) is 71.8 Å². The summed E-state index contributed by atoms with van der Waals surface area (Å²) in [4.78, 5) is 24.6. The third-order valence-corrected chi connectivity index (χ3v) is 3.55. The van der Waals surface area contributed by atoms with Crippen LogP contribution in [0.1, 0.15) is 11.1 Å². The van der Waals surface area contributed by atoms with Crippen molar-refractivity contribution in [2.24, 2.45) is 0 Å². The van der Waals surface area contributed by atoms with Gasteiger partial charge in [-0.1, -0.05) is 60.7 Å². The van der Waals surface area contributed by atoms with E-state index in [1.54, 1.807) is 0 Å². The fourth-order valence-electron chi connectivity index (χ4n) is 2.28. The Labute approximate surface area is 139 Å². The molecule has 0 radical (unpaired) electrons. The number of carbonyl (C=O) groups excluding carboxylic acids is 1. The summed E-state index contributed by atoms with van der Waals surface area (Å²) in [5.74, 6) is -2.48. The highest BCUT2D eigenvalue weighted by Gasteiger charge is 2.33. The summed E-state index contributed by atoms with van der Waals surface area (Å²) in [6, 6.07) is 18.3. The van der Waals surface area contributed by atoms with E-state index in [1.165, 1.54) is 4.90 Å². The van der Waals surface area contributed by atoms with Crippen molar-refractivity contribution in [1.29, 1.82) is 0 Å². The number of hydrogen-bond donors (Lipinski definition) is 3. The number of benzene rings is 2. The van der Waals surface area contributed by atoms with Gasteiger partial charge in [0.1, 0.15) is 0 Å². The van der Waals surface area contributed by atoms with Crippen LogP contribution in [0.3, 0.4) is 0 Å². The molecule has 0 spiro atoms. The summed E-state index contributed by atoms with van der Waals surface area (Å²) < 4.78 is 0. The summed E-state index contributed by atoms with van der Waals surface area (Å²) >= 11 is 0. The van der Waals surface area contributed by atoms with Gasteiger partial charge in [0.25, 0.3) is 5.91 Å². The SMILES string of the molecule is O=C(O)[C@@H](O)[C@@H](O)C(=O)N(Cc1ccccc1)Cc1ccccc1. The predicted octanol–water partition coefficient (Wildman–Crippen LogP) is 1.02. The Morgan fingerprint density at radius 2 is 1.21 bits per heavy atom. The molecule has 2 atom stereocenters. The molecule has 0 aliphatic rings. The van der Waals surface area contributed by atoms with Crippen LogP contribution in [0.15, 0.2) is 60.7 Å². The van der Waals surface area contributed by atoms with Gasteiger partial charge in [0.15, 0.2) is 12.2 Å². The second-order valence-corrected chi connectivity index (χ2v) is 5.39. The summed E-state index contributed by atoms with van der Waals surface area (Å²) in [7, 11) is 0. The van der Waals surface area contributed by atoms with Crippen LogP contribution >= 0.6 is 0 Å². The summed E-state index contributed by atoms with van der Waals surface area (Å²) in [5, 5.41) is 28.1. The van der Waals surface area contributed by atoms with Crippen LogP contribution in [-0.2, 0) is 22.7 Å². The van der Waals surface area contributed by atoms with Crippen LogP contribution < -0.4 is 0 Å². The average Bonchev–Trinajstić information content (AvgIpc) is 2.61. The summed E-state index contributed by atoms with van der Waals surface area (Å²) in [6.07, 6.45) is -4.18. The zero-order chi connectivity index (χ0) is 17.5. The molecule has 0 unspecified atom stereocenters. The standard InChI is InChI=1S/C18H19NO5/c20-15(16(21)18(23)24)17(22)19(11-13-7-3-1-4-8-13)12-14-9-5-2-6-10-14/h1-10,15-16,20-21H,11-12H2,(H,23,24)/t15-,16+/m1/s1. The van der Waals surface area contributed by atoms with Gasteiger partial charge in [0, 0.05) is 13.1 Å². The Balaban J connectivity index is 2.21. The van der Waals surface area contributed by atoms with E-state index < -0.39 is 24.1 Å². The van der Waals surface area contributed by atoms with Crippen molar-refractivity contribution < 1.29 is 24.9 Å².